The molecular weight excluding hydrogens is 502 g/mol. The van der Waals surface area contributed by atoms with E-state index in [1.807, 2.05) is 72.8 Å². The van der Waals surface area contributed by atoms with Crippen LogP contribution in [0.25, 0.3) is 44.2 Å². The average molecular weight is 532 g/mol. The first kappa shape index (κ1) is 25.4. The van der Waals surface area contributed by atoms with E-state index < -0.39 is 0 Å². The van der Waals surface area contributed by atoms with E-state index in [4.69, 9.17) is 24.0 Å². The van der Waals surface area contributed by atoms with Crippen LogP contribution >= 0.6 is 0 Å². The van der Waals surface area contributed by atoms with Gasteiger partial charge in [-0.15, -0.1) is 0 Å². The quantitative estimate of drug-likeness (QED) is 0.211. The average Bonchev–Trinajstić information content (AvgIpc) is 3.40. The van der Waals surface area contributed by atoms with Gasteiger partial charge in [0.05, 0.1) is 36.2 Å². The maximum Gasteiger partial charge on any atom is 0.282 e. The van der Waals surface area contributed by atoms with Crippen LogP contribution in [-0.2, 0) is 0 Å². The van der Waals surface area contributed by atoms with Crippen molar-refractivity contribution in [3.05, 3.63) is 101 Å². The maximum absolute atomic E-state index is 13.8. The van der Waals surface area contributed by atoms with E-state index in [-0.39, 0.29) is 16.8 Å². The highest BCUT2D eigenvalue weighted by molar-refractivity contribution is 6.02. The van der Waals surface area contributed by atoms with E-state index in [1.165, 1.54) is 4.68 Å². The van der Waals surface area contributed by atoms with Gasteiger partial charge in [-0.25, -0.2) is 4.98 Å². The Balaban J connectivity index is 1.56. The third-order valence-electron chi connectivity index (χ3n) is 6.61. The van der Waals surface area contributed by atoms with E-state index in [2.05, 4.69) is 20.8 Å². The third kappa shape index (κ3) is 4.71. The fourth-order valence-corrected chi connectivity index (χ4v) is 4.66. The summed E-state index contributed by atoms with van der Waals surface area (Å²) in [6.45, 7) is 6.89. The Morgan fingerprint density at radius 2 is 1.68 bits per heavy atom. The lowest BCUT2D eigenvalue weighted by Crippen LogP contribution is -2.20. The largest absolute Gasteiger partial charge is 0.496 e. The van der Waals surface area contributed by atoms with Crippen molar-refractivity contribution in [2.24, 2.45) is 10.5 Å². The number of methoxy groups -OCH3 is 1. The molecule has 0 aliphatic carbocycles. The van der Waals surface area contributed by atoms with Gasteiger partial charge in [0.2, 0.25) is 5.82 Å². The first-order valence-corrected chi connectivity index (χ1v) is 13.1. The van der Waals surface area contributed by atoms with Gasteiger partial charge in [-0.1, -0.05) is 69.3 Å². The van der Waals surface area contributed by atoms with Crippen LogP contribution in [0.3, 0.4) is 0 Å². The van der Waals surface area contributed by atoms with Gasteiger partial charge in [0.15, 0.2) is 5.76 Å². The van der Waals surface area contributed by atoms with Crippen LogP contribution in [0.4, 0.5) is 0 Å². The van der Waals surface area contributed by atoms with Crippen LogP contribution in [0.5, 0.6) is 11.5 Å². The molecule has 0 N–H and O–H groups in total. The van der Waals surface area contributed by atoms with Crippen LogP contribution in [0, 0.1) is 5.41 Å². The molecule has 0 aliphatic rings. The summed E-state index contributed by atoms with van der Waals surface area (Å²) in [5.41, 5.74) is 1.62. The molecule has 0 saturated carbocycles. The number of aromatic nitrogens is 2. The minimum Gasteiger partial charge on any atom is -0.496 e. The van der Waals surface area contributed by atoms with Crippen molar-refractivity contribution in [3.63, 3.8) is 0 Å². The zero-order valence-electron chi connectivity index (χ0n) is 22.8. The summed E-state index contributed by atoms with van der Waals surface area (Å²) in [7, 11) is 1.61. The molecule has 0 saturated heterocycles. The molecule has 0 aliphatic heterocycles. The molecule has 0 radical (unpaired) electrons. The number of hydrogen-bond acceptors (Lipinski definition) is 6. The predicted molar refractivity (Wildman–Crippen MR) is 160 cm³/mol. The molecule has 4 aromatic carbocycles. The molecular formula is C33H29N3O4. The van der Waals surface area contributed by atoms with Crippen LogP contribution in [-0.4, -0.2) is 29.6 Å². The summed E-state index contributed by atoms with van der Waals surface area (Å²) in [6, 6.07) is 26.6. The topological polar surface area (TPSA) is 78.9 Å². The molecule has 0 fully saturated rings. The van der Waals surface area contributed by atoms with Gasteiger partial charge in [-0.05, 0) is 52.6 Å². The van der Waals surface area contributed by atoms with Gasteiger partial charge in [0.25, 0.3) is 5.56 Å². The Kier molecular flexibility index (Phi) is 6.34. The number of furan rings is 1. The van der Waals surface area contributed by atoms with Crippen molar-refractivity contribution in [1.29, 1.82) is 0 Å². The number of rotatable bonds is 6. The highest BCUT2D eigenvalue weighted by Gasteiger charge is 2.19. The van der Waals surface area contributed by atoms with E-state index in [1.54, 1.807) is 25.5 Å². The maximum atomic E-state index is 13.8. The zero-order valence-corrected chi connectivity index (χ0v) is 22.8. The Hall–Kier alpha value is -4.91. The highest BCUT2D eigenvalue weighted by atomic mass is 16.5. The van der Waals surface area contributed by atoms with Crippen LogP contribution < -0.4 is 15.0 Å². The van der Waals surface area contributed by atoms with Gasteiger partial charge in [0, 0.05) is 5.56 Å². The van der Waals surface area contributed by atoms with Crippen molar-refractivity contribution in [3.8, 4) is 23.1 Å². The fourth-order valence-electron chi connectivity index (χ4n) is 4.66. The minimum absolute atomic E-state index is 0.0330. The molecule has 2 aromatic heterocycles. The van der Waals surface area contributed by atoms with Crippen LogP contribution in [0.1, 0.15) is 26.3 Å². The summed E-state index contributed by atoms with van der Waals surface area (Å²) in [4.78, 5) is 18.6. The Morgan fingerprint density at radius 3 is 2.48 bits per heavy atom. The number of benzene rings is 4. The second-order valence-corrected chi connectivity index (χ2v) is 10.8. The van der Waals surface area contributed by atoms with Gasteiger partial charge in [0.1, 0.15) is 17.1 Å². The van der Waals surface area contributed by atoms with Crippen molar-refractivity contribution >= 4 is 38.9 Å². The molecule has 0 unspecified atom stereocenters. The molecule has 40 heavy (non-hydrogen) atoms. The fraction of sp³-hybridized carbons (Fsp3) is 0.182. The smallest absolute Gasteiger partial charge is 0.282 e. The zero-order chi connectivity index (χ0) is 27.9. The van der Waals surface area contributed by atoms with E-state index in [9.17, 15) is 4.79 Å². The normalized spacial score (nSPS) is 12.1. The Bertz CT molecular complexity index is 1960. The number of para-hydroxylation sites is 1. The molecule has 6 rings (SSSR count). The van der Waals surface area contributed by atoms with Crippen LogP contribution in [0.15, 0.2) is 99.2 Å². The van der Waals surface area contributed by atoms with Gasteiger partial charge < -0.3 is 13.9 Å². The van der Waals surface area contributed by atoms with Crippen LogP contribution in [0.2, 0.25) is 0 Å². The summed E-state index contributed by atoms with van der Waals surface area (Å²) in [6.07, 6.45) is 1.67. The molecule has 0 amide bonds. The third-order valence-corrected chi connectivity index (χ3v) is 6.61. The van der Waals surface area contributed by atoms with E-state index >= 15 is 0 Å². The summed E-state index contributed by atoms with van der Waals surface area (Å²) in [5, 5.41) is 7.97. The first-order valence-electron chi connectivity index (χ1n) is 13.1. The lowest BCUT2D eigenvalue weighted by atomic mass is 9.98. The van der Waals surface area contributed by atoms with Gasteiger partial charge in [-0.3, -0.25) is 4.79 Å². The number of ether oxygens (including phenoxy) is 2. The molecule has 6 aromatic rings. The Morgan fingerprint density at radius 1 is 0.900 bits per heavy atom. The molecule has 7 nitrogen and oxygen atoms in total. The standard InChI is InChI=1S/C33H29N3O4/c1-33(2,3)20-39-28-17-16-21-10-5-6-11-22(21)25(28)19-34-36-31(35-26-13-8-7-12-23(26)32(36)37)30-18-24-27(38-4)14-9-15-29(24)40-30/h5-19H,20H2,1-4H3. The lowest BCUT2D eigenvalue weighted by Gasteiger charge is -2.20. The Labute approximate surface area is 231 Å². The summed E-state index contributed by atoms with van der Waals surface area (Å²) >= 11 is 0. The highest BCUT2D eigenvalue weighted by Crippen LogP contribution is 2.33. The van der Waals surface area contributed by atoms with Crippen molar-refractivity contribution in [2.75, 3.05) is 13.7 Å². The lowest BCUT2D eigenvalue weighted by molar-refractivity contribution is 0.198. The molecule has 0 bridgehead atoms. The number of hydrogen-bond donors (Lipinski definition) is 0. The first-order chi connectivity index (χ1) is 19.3. The molecule has 7 heteroatoms. The number of nitrogens with zero attached hydrogens (tertiary/aromatic N) is 3. The van der Waals surface area contributed by atoms with E-state index in [0.29, 0.717) is 40.4 Å². The molecule has 200 valence electrons. The summed E-state index contributed by atoms with van der Waals surface area (Å²) < 4.78 is 19.2. The van der Waals surface area contributed by atoms with Gasteiger partial charge >= 0.3 is 0 Å². The van der Waals surface area contributed by atoms with E-state index in [0.717, 1.165) is 21.7 Å². The SMILES string of the molecule is COc1cccc2oc(-c3nc4ccccc4c(=O)n3N=Cc3c(OCC(C)(C)C)ccc4ccccc34)cc12. The van der Waals surface area contributed by atoms with Crippen molar-refractivity contribution < 1.29 is 13.9 Å². The second kappa shape index (κ2) is 10.0. The predicted octanol–water partition coefficient (Wildman–Crippen LogP) is 7.28. The summed E-state index contributed by atoms with van der Waals surface area (Å²) in [5.74, 6) is 2.05. The molecule has 0 spiro atoms. The van der Waals surface area contributed by atoms with Crippen molar-refractivity contribution in [1.82, 2.24) is 9.66 Å². The second-order valence-electron chi connectivity index (χ2n) is 10.8. The number of fused-ring (bicyclic) bond motifs is 3. The molecule has 0 atom stereocenters. The minimum atomic E-state index is -0.304. The molecule has 2 heterocycles. The monoisotopic (exact) mass is 531 g/mol. The van der Waals surface area contributed by atoms with Crippen molar-refractivity contribution in [2.45, 2.75) is 20.8 Å². The van der Waals surface area contributed by atoms with Gasteiger partial charge in [-0.2, -0.15) is 9.78 Å².